The molecule has 3 aromatic rings. The van der Waals surface area contributed by atoms with Crippen molar-refractivity contribution >= 4 is 17.1 Å². The molecule has 0 spiro atoms. The molecular formula is C21H21NO3S. The molecule has 1 aromatic heterocycles. The molecule has 0 bridgehead atoms. The van der Waals surface area contributed by atoms with E-state index in [1.54, 1.807) is 6.20 Å². The van der Waals surface area contributed by atoms with Crippen LogP contribution in [0.1, 0.15) is 24.4 Å². The maximum Gasteiger partial charge on any atom is 0.169 e. The number of nitrogens with zero attached hydrogens (tertiary/aromatic N) is 1. The molecule has 4 nitrogen and oxygen atoms in total. The van der Waals surface area contributed by atoms with E-state index in [0.29, 0.717) is 30.1 Å². The molecule has 0 aliphatic carbocycles. The molecule has 0 saturated heterocycles. The van der Waals surface area contributed by atoms with E-state index in [4.69, 9.17) is 9.47 Å². The predicted octanol–water partition coefficient (Wildman–Crippen LogP) is 5.08. The standard InChI is InChI=1S/C21H21NO3S/c1-15(2)24-19-9-5-6-10-20(19)25-18-8-4-3-7-16(18)13-17(23)14-21-22-11-12-26-21/h3-12,15H,13-14H2,1-2H3. The summed E-state index contributed by atoms with van der Waals surface area (Å²) < 4.78 is 11.9. The van der Waals surface area contributed by atoms with Gasteiger partial charge in [0.25, 0.3) is 0 Å². The van der Waals surface area contributed by atoms with E-state index in [-0.39, 0.29) is 11.9 Å². The summed E-state index contributed by atoms with van der Waals surface area (Å²) in [5.74, 6) is 2.11. The van der Waals surface area contributed by atoms with Crippen LogP contribution in [0.15, 0.2) is 60.1 Å². The largest absolute Gasteiger partial charge is 0.487 e. The van der Waals surface area contributed by atoms with Gasteiger partial charge in [0.05, 0.1) is 17.5 Å². The third-order valence-corrected chi connectivity index (χ3v) is 4.40. The molecule has 5 heteroatoms. The van der Waals surface area contributed by atoms with Crippen molar-refractivity contribution in [3.05, 3.63) is 70.7 Å². The van der Waals surface area contributed by atoms with Gasteiger partial charge in [0.2, 0.25) is 0 Å². The maximum atomic E-state index is 12.4. The van der Waals surface area contributed by atoms with Gasteiger partial charge in [-0.25, -0.2) is 4.98 Å². The maximum absolute atomic E-state index is 12.4. The van der Waals surface area contributed by atoms with Gasteiger partial charge >= 0.3 is 0 Å². The third-order valence-electron chi connectivity index (χ3n) is 3.62. The number of thiazole rings is 1. The summed E-state index contributed by atoms with van der Waals surface area (Å²) in [4.78, 5) is 16.6. The topological polar surface area (TPSA) is 48.4 Å². The Morgan fingerprint density at radius 1 is 1.00 bits per heavy atom. The number of carbonyl (C=O) groups is 1. The molecule has 134 valence electrons. The zero-order valence-corrected chi connectivity index (χ0v) is 15.7. The lowest BCUT2D eigenvalue weighted by Crippen LogP contribution is -2.08. The second-order valence-corrected chi connectivity index (χ2v) is 7.12. The molecule has 1 heterocycles. The number of hydrogen-bond acceptors (Lipinski definition) is 5. The Morgan fingerprint density at radius 2 is 1.69 bits per heavy atom. The van der Waals surface area contributed by atoms with Gasteiger partial charge in [0.1, 0.15) is 11.5 Å². The molecule has 2 aromatic carbocycles. The number of benzene rings is 2. The van der Waals surface area contributed by atoms with E-state index in [1.165, 1.54) is 11.3 Å². The number of rotatable bonds is 8. The molecule has 0 unspecified atom stereocenters. The average Bonchev–Trinajstić information content (AvgIpc) is 3.10. The minimum absolute atomic E-state index is 0.0508. The van der Waals surface area contributed by atoms with E-state index >= 15 is 0 Å². The van der Waals surface area contributed by atoms with Crippen LogP contribution in [0.3, 0.4) is 0 Å². The summed E-state index contributed by atoms with van der Waals surface area (Å²) in [6.07, 6.45) is 2.42. The third kappa shape index (κ3) is 4.92. The number of para-hydroxylation sites is 3. The van der Waals surface area contributed by atoms with Crippen molar-refractivity contribution < 1.29 is 14.3 Å². The number of aromatic nitrogens is 1. The number of ketones is 1. The molecule has 3 rings (SSSR count). The fourth-order valence-electron chi connectivity index (χ4n) is 2.54. The van der Waals surface area contributed by atoms with Crippen LogP contribution in [0.5, 0.6) is 17.2 Å². The first-order valence-corrected chi connectivity index (χ1v) is 9.41. The molecule has 0 fully saturated rings. The van der Waals surface area contributed by atoms with Crippen molar-refractivity contribution in [3.8, 4) is 17.2 Å². The van der Waals surface area contributed by atoms with Crippen molar-refractivity contribution in [1.29, 1.82) is 0 Å². The zero-order valence-electron chi connectivity index (χ0n) is 14.8. The number of ether oxygens (including phenoxy) is 2. The van der Waals surface area contributed by atoms with E-state index in [1.807, 2.05) is 67.8 Å². The fraction of sp³-hybridized carbons (Fsp3) is 0.238. The highest BCUT2D eigenvalue weighted by atomic mass is 32.1. The fourth-order valence-corrected chi connectivity index (χ4v) is 3.18. The van der Waals surface area contributed by atoms with Crippen LogP contribution >= 0.6 is 11.3 Å². The van der Waals surface area contributed by atoms with Gasteiger partial charge in [-0.3, -0.25) is 4.79 Å². The lowest BCUT2D eigenvalue weighted by atomic mass is 10.1. The summed E-state index contributed by atoms with van der Waals surface area (Å²) in [5, 5.41) is 2.72. The van der Waals surface area contributed by atoms with Gasteiger partial charge < -0.3 is 9.47 Å². The van der Waals surface area contributed by atoms with Gasteiger partial charge in [-0.1, -0.05) is 30.3 Å². The Labute approximate surface area is 157 Å². The Balaban J connectivity index is 1.76. The predicted molar refractivity (Wildman–Crippen MR) is 103 cm³/mol. The lowest BCUT2D eigenvalue weighted by molar-refractivity contribution is -0.117. The second-order valence-electron chi connectivity index (χ2n) is 6.14. The van der Waals surface area contributed by atoms with Gasteiger partial charge in [-0.2, -0.15) is 0 Å². The van der Waals surface area contributed by atoms with Gasteiger partial charge in [0, 0.05) is 23.6 Å². The molecule has 0 saturated carbocycles. The summed E-state index contributed by atoms with van der Waals surface area (Å²) >= 11 is 1.50. The highest BCUT2D eigenvalue weighted by Crippen LogP contribution is 2.33. The van der Waals surface area contributed by atoms with Crippen molar-refractivity contribution in [2.75, 3.05) is 0 Å². The van der Waals surface area contributed by atoms with Crippen LogP contribution in [-0.2, 0) is 17.6 Å². The Morgan fingerprint density at radius 3 is 2.38 bits per heavy atom. The van der Waals surface area contributed by atoms with Crippen LogP contribution in [0.25, 0.3) is 0 Å². The van der Waals surface area contributed by atoms with Crippen LogP contribution < -0.4 is 9.47 Å². The second kappa shape index (κ2) is 8.63. The smallest absolute Gasteiger partial charge is 0.169 e. The molecule has 0 amide bonds. The van der Waals surface area contributed by atoms with Gasteiger partial charge in [0.15, 0.2) is 11.5 Å². The minimum Gasteiger partial charge on any atom is -0.487 e. The quantitative estimate of drug-likeness (QED) is 0.557. The molecule has 0 aliphatic rings. The first-order chi connectivity index (χ1) is 12.6. The molecule has 0 N–H and O–H groups in total. The van der Waals surface area contributed by atoms with E-state index in [0.717, 1.165) is 10.6 Å². The van der Waals surface area contributed by atoms with Crippen LogP contribution in [-0.4, -0.2) is 16.9 Å². The van der Waals surface area contributed by atoms with Gasteiger partial charge in [-0.05, 0) is 32.0 Å². The molecule has 0 aliphatic heterocycles. The Bertz CT molecular complexity index is 859. The van der Waals surface area contributed by atoms with Crippen LogP contribution in [0.2, 0.25) is 0 Å². The first kappa shape index (κ1) is 18.1. The van der Waals surface area contributed by atoms with Crippen LogP contribution in [0.4, 0.5) is 0 Å². The highest BCUT2D eigenvalue weighted by Gasteiger charge is 2.13. The summed E-state index contributed by atoms with van der Waals surface area (Å²) in [7, 11) is 0. The minimum atomic E-state index is 0.0508. The van der Waals surface area contributed by atoms with E-state index in [9.17, 15) is 4.79 Å². The normalized spacial score (nSPS) is 10.7. The zero-order chi connectivity index (χ0) is 18.4. The van der Waals surface area contributed by atoms with E-state index in [2.05, 4.69) is 4.98 Å². The monoisotopic (exact) mass is 367 g/mol. The lowest BCUT2D eigenvalue weighted by Gasteiger charge is -2.16. The molecule has 0 radical (unpaired) electrons. The number of hydrogen-bond donors (Lipinski definition) is 0. The SMILES string of the molecule is CC(C)Oc1ccccc1Oc1ccccc1CC(=O)Cc1nccs1. The van der Waals surface area contributed by atoms with Crippen molar-refractivity contribution in [1.82, 2.24) is 4.98 Å². The van der Waals surface area contributed by atoms with Crippen molar-refractivity contribution in [3.63, 3.8) is 0 Å². The van der Waals surface area contributed by atoms with E-state index < -0.39 is 0 Å². The number of Topliss-reactive ketones (excluding diaryl/α,β-unsaturated/α-hetero) is 1. The Kier molecular flexibility index (Phi) is 6.02. The van der Waals surface area contributed by atoms with Crippen molar-refractivity contribution in [2.45, 2.75) is 32.8 Å². The van der Waals surface area contributed by atoms with Gasteiger partial charge in [-0.15, -0.1) is 11.3 Å². The summed E-state index contributed by atoms with van der Waals surface area (Å²) in [6.45, 7) is 3.95. The average molecular weight is 367 g/mol. The highest BCUT2D eigenvalue weighted by molar-refractivity contribution is 7.09. The molecule has 0 atom stereocenters. The molecular weight excluding hydrogens is 346 g/mol. The summed E-state index contributed by atoms with van der Waals surface area (Å²) in [5.41, 5.74) is 0.855. The van der Waals surface area contributed by atoms with Crippen molar-refractivity contribution in [2.24, 2.45) is 0 Å². The number of carbonyl (C=O) groups excluding carboxylic acids is 1. The first-order valence-electron chi connectivity index (χ1n) is 8.53. The Hall–Kier alpha value is -2.66. The van der Waals surface area contributed by atoms with Crippen LogP contribution in [0, 0.1) is 0 Å². The molecule has 26 heavy (non-hydrogen) atoms. The summed E-state index contributed by atoms with van der Waals surface area (Å²) in [6, 6.07) is 15.2.